The van der Waals surface area contributed by atoms with E-state index in [4.69, 9.17) is 0 Å². The van der Waals surface area contributed by atoms with E-state index in [0.717, 1.165) is 18.2 Å². The Bertz CT molecular complexity index is 627. The fraction of sp³-hybridized carbons (Fsp3) is 0.182. The first-order valence-electron chi connectivity index (χ1n) is 5.32. The highest BCUT2D eigenvalue weighted by atomic mass is 19.1. The second-order valence-electron chi connectivity index (χ2n) is 3.87. The van der Waals surface area contributed by atoms with Crippen molar-refractivity contribution >= 4 is 11.6 Å². The van der Waals surface area contributed by atoms with Crippen molar-refractivity contribution in [2.24, 2.45) is 7.05 Å². The Kier molecular flexibility index (Phi) is 3.41. The summed E-state index contributed by atoms with van der Waals surface area (Å²) in [6, 6.07) is 3.04. The number of benzene rings is 1. The van der Waals surface area contributed by atoms with Crippen LogP contribution in [0.5, 0.6) is 0 Å². The van der Waals surface area contributed by atoms with E-state index in [-0.39, 0.29) is 23.7 Å². The molecule has 0 radical (unpaired) electrons. The lowest BCUT2D eigenvalue weighted by Gasteiger charge is -2.07. The van der Waals surface area contributed by atoms with Gasteiger partial charge in [-0.1, -0.05) is 0 Å². The molecule has 0 aliphatic carbocycles. The van der Waals surface area contributed by atoms with Crippen LogP contribution in [0.25, 0.3) is 0 Å². The minimum Gasteiger partial charge on any atom is -0.360 e. The highest BCUT2D eigenvalue weighted by molar-refractivity contribution is 5.52. The van der Waals surface area contributed by atoms with Crippen LogP contribution in [-0.4, -0.2) is 14.5 Å². The van der Waals surface area contributed by atoms with Crippen LogP contribution in [-0.2, 0) is 13.6 Å². The normalized spacial score (nSPS) is 10.5. The van der Waals surface area contributed by atoms with Crippen LogP contribution in [0.3, 0.4) is 0 Å². The predicted octanol–water partition coefficient (Wildman–Crippen LogP) is 2.22. The predicted molar refractivity (Wildman–Crippen MR) is 63.5 cm³/mol. The molecule has 2 rings (SSSR count). The molecule has 1 aromatic heterocycles. The molecule has 0 saturated carbocycles. The molecule has 100 valence electrons. The smallest absolute Gasteiger partial charge is 0.360 e. The van der Waals surface area contributed by atoms with Gasteiger partial charge in [-0.05, 0) is 28.1 Å². The van der Waals surface area contributed by atoms with E-state index >= 15 is 0 Å². The minimum atomic E-state index is -0.649. The Hall–Kier alpha value is -2.51. The molecule has 0 atom stereocenters. The SMILES string of the molecule is Cn1cnc([N+](=O)[O-])c1NCc1cc(F)ccc1F. The number of rotatable bonds is 4. The number of hydrogen-bond donors (Lipinski definition) is 1. The van der Waals surface area contributed by atoms with Gasteiger partial charge in [0.25, 0.3) is 0 Å². The molecule has 2 aromatic rings. The molecule has 1 N–H and O–H groups in total. The Labute approximate surface area is 106 Å². The van der Waals surface area contributed by atoms with Crippen molar-refractivity contribution in [3.8, 4) is 0 Å². The van der Waals surface area contributed by atoms with E-state index in [0.29, 0.717) is 0 Å². The van der Waals surface area contributed by atoms with Gasteiger partial charge in [-0.3, -0.25) is 4.57 Å². The van der Waals surface area contributed by atoms with Gasteiger partial charge in [-0.25, -0.2) is 8.78 Å². The monoisotopic (exact) mass is 268 g/mol. The standard InChI is InChI=1S/C11H10F2N4O2/c1-16-6-15-11(17(18)19)10(16)14-5-7-4-8(12)2-3-9(7)13/h2-4,6,14H,5H2,1H3. The van der Waals surface area contributed by atoms with E-state index < -0.39 is 16.6 Å². The van der Waals surface area contributed by atoms with Crippen LogP contribution in [0.2, 0.25) is 0 Å². The molecule has 0 fully saturated rings. The maximum Gasteiger partial charge on any atom is 0.406 e. The fourth-order valence-electron chi connectivity index (χ4n) is 1.61. The van der Waals surface area contributed by atoms with Crippen LogP contribution in [0.4, 0.5) is 20.4 Å². The Morgan fingerprint density at radius 3 is 2.89 bits per heavy atom. The van der Waals surface area contributed by atoms with Crippen molar-refractivity contribution in [1.82, 2.24) is 9.55 Å². The van der Waals surface area contributed by atoms with E-state index in [2.05, 4.69) is 10.3 Å². The number of aryl methyl sites for hydroxylation is 1. The second kappa shape index (κ2) is 5.01. The summed E-state index contributed by atoms with van der Waals surface area (Å²) >= 11 is 0. The molecule has 0 saturated heterocycles. The third-order valence-corrected chi connectivity index (χ3v) is 2.54. The Balaban J connectivity index is 2.21. The van der Waals surface area contributed by atoms with E-state index in [9.17, 15) is 18.9 Å². The number of nitrogens with one attached hydrogen (secondary N) is 1. The molecule has 0 aliphatic rings. The Morgan fingerprint density at radius 1 is 1.47 bits per heavy atom. The first kappa shape index (κ1) is 12.9. The Morgan fingerprint density at radius 2 is 2.21 bits per heavy atom. The van der Waals surface area contributed by atoms with Gasteiger partial charge in [0.2, 0.25) is 12.1 Å². The van der Waals surface area contributed by atoms with Crippen LogP contribution < -0.4 is 5.32 Å². The largest absolute Gasteiger partial charge is 0.406 e. The first-order valence-corrected chi connectivity index (χ1v) is 5.32. The summed E-state index contributed by atoms with van der Waals surface area (Å²) in [6.07, 6.45) is 1.27. The number of hydrogen-bond acceptors (Lipinski definition) is 4. The van der Waals surface area contributed by atoms with Gasteiger partial charge in [-0.2, -0.15) is 0 Å². The number of halogens is 2. The molecule has 6 nitrogen and oxygen atoms in total. The van der Waals surface area contributed by atoms with Gasteiger partial charge < -0.3 is 15.4 Å². The van der Waals surface area contributed by atoms with Crippen molar-refractivity contribution in [2.75, 3.05) is 5.32 Å². The van der Waals surface area contributed by atoms with Crippen molar-refractivity contribution in [2.45, 2.75) is 6.54 Å². The maximum absolute atomic E-state index is 13.4. The molecular formula is C11H10F2N4O2. The van der Waals surface area contributed by atoms with E-state index in [1.807, 2.05) is 0 Å². The summed E-state index contributed by atoms with van der Waals surface area (Å²) in [7, 11) is 1.56. The summed E-state index contributed by atoms with van der Waals surface area (Å²) < 4.78 is 27.8. The van der Waals surface area contributed by atoms with Gasteiger partial charge in [0.15, 0.2) is 0 Å². The van der Waals surface area contributed by atoms with Crippen LogP contribution >= 0.6 is 0 Å². The summed E-state index contributed by atoms with van der Waals surface area (Å²) in [6.45, 7) is -0.0794. The van der Waals surface area contributed by atoms with Crippen molar-refractivity contribution in [3.63, 3.8) is 0 Å². The lowest BCUT2D eigenvalue weighted by Crippen LogP contribution is -2.07. The number of aromatic nitrogens is 2. The zero-order valence-electron chi connectivity index (χ0n) is 9.93. The average molecular weight is 268 g/mol. The van der Waals surface area contributed by atoms with Crippen molar-refractivity contribution in [1.29, 1.82) is 0 Å². The molecular weight excluding hydrogens is 258 g/mol. The zero-order chi connectivity index (χ0) is 14.0. The van der Waals surface area contributed by atoms with E-state index in [1.54, 1.807) is 7.05 Å². The topological polar surface area (TPSA) is 73.0 Å². The lowest BCUT2D eigenvalue weighted by molar-refractivity contribution is -0.388. The molecule has 1 aromatic carbocycles. The average Bonchev–Trinajstić information content (AvgIpc) is 2.72. The number of nitrogens with zero attached hydrogens (tertiary/aromatic N) is 3. The first-order chi connectivity index (χ1) is 8.99. The molecule has 8 heteroatoms. The third kappa shape index (κ3) is 2.67. The quantitative estimate of drug-likeness (QED) is 0.681. The summed E-state index contributed by atoms with van der Waals surface area (Å²) in [5.41, 5.74) is 0.0792. The highest BCUT2D eigenvalue weighted by Crippen LogP contribution is 2.22. The van der Waals surface area contributed by atoms with Gasteiger partial charge in [0, 0.05) is 19.2 Å². The summed E-state index contributed by atoms with van der Waals surface area (Å²) in [5.74, 6) is -1.38. The molecule has 0 aliphatic heterocycles. The molecule has 0 unspecified atom stereocenters. The van der Waals surface area contributed by atoms with Gasteiger partial charge in [0.1, 0.15) is 11.6 Å². The van der Waals surface area contributed by atoms with Gasteiger partial charge >= 0.3 is 5.82 Å². The van der Waals surface area contributed by atoms with Gasteiger partial charge in [-0.15, -0.1) is 0 Å². The lowest BCUT2D eigenvalue weighted by atomic mass is 10.2. The fourth-order valence-corrected chi connectivity index (χ4v) is 1.61. The number of anilines is 1. The minimum absolute atomic E-state index is 0.0792. The third-order valence-electron chi connectivity index (χ3n) is 2.54. The van der Waals surface area contributed by atoms with Crippen LogP contribution in [0, 0.1) is 21.7 Å². The summed E-state index contributed by atoms with van der Waals surface area (Å²) in [4.78, 5) is 13.7. The summed E-state index contributed by atoms with van der Waals surface area (Å²) in [5, 5.41) is 13.4. The molecule has 0 spiro atoms. The number of imidazole rings is 1. The molecule has 19 heavy (non-hydrogen) atoms. The van der Waals surface area contributed by atoms with Crippen LogP contribution in [0.1, 0.15) is 5.56 Å². The maximum atomic E-state index is 13.4. The number of nitro groups is 1. The second-order valence-corrected chi connectivity index (χ2v) is 3.87. The molecule has 0 bridgehead atoms. The van der Waals surface area contributed by atoms with Crippen molar-refractivity contribution in [3.05, 3.63) is 51.8 Å². The molecule has 1 heterocycles. The zero-order valence-corrected chi connectivity index (χ0v) is 9.93. The van der Waals surface area contributed by atoms with Crippen LogP contribution in [0.15, 0.2) is 24.5 Å². The van der Waals surface area contributed by atoms with E-state index in [1.165, 1.54) is 10.9 Å². The highest BCUT2D eigenvalue weighted by Gasteiger charge is 2.19. The van der Waals surface area contributed by atoms with Gasteiger partial charge in [0.05, 0.1) is 0 Å². The van der Waals surface area contributed by atoms with Crippen molar-refractivity contribution < 1.29 is 13.7 Å². The molecule has 0 amide bonds.